The molecule has 1 atom stereocenters. The Morgan fingerprint density at radius 2 is 1.52 bits per heavy atom. The van der Waals surface area contributed by atoms with E-state index in [0.29, 0.717) is 13.0 Å². The first-order valence-electron chi connectivity index (χ1n) is 10.6. The Labute approximate surface area is 166 Å². The molecule has 0 fully saturated rings. The summed E-state index contributed by atoms with van der Waals surface area (Å²) < 4.78 is 10.5. The van der Waals surface area contributed by atoms with E-state index in [1.54, 1.807) is 7.05 Å². The zero-order chi connectivity index (χ0) is 20.5. The van der Waals surface area contributed by atoms with Gasteiger partial charge in [0, 0.05) is 7.05 Å². The van der Waals surface area contributed by atoms with E-state index in [9.17, 15) is 9.59 Å². The predicted molar refractivity (Wildman–Crippen MR) is 111 cm³/mol. The molecule has 0 aliphatic carbocycles. The smallest absolute Gasteiger partial charge is 0.410 e. The molecule has 5 heteroatoms. The second-order valence-corrected chi connectivity index (χ2v) is 7.62. The average molecular weight is 384 g/mol. The minimum atomic E-state index is -0.610. The summed E-state index contributed by atoms with van der Waals surface area (Å²) in [6.07, 6.45) is 12.5. The van der Waals surface area contributed by atoms with Gasteiger partial charge in [-0.3, -0.25) is 4.90 Å². The van der Waals surface area contributed by atoms with Gasteiger partial charge < -0.3 is 9.47 Å². The van der Waals surface area contributed by atoms with E-state index in [4.69, 9.17) is 9.47 Å². The summed E-state index contributed by atoms with van der Waals surface area (Å²) in [5.74, 6) is -0.0776. The van der Waals surface area contributed by atoms with Crippen molar-refractivity contribution in [1.29, 1.82) is 0 Å². The molecule has 0 spiro atoms. The second kappa shape index (κ2) is 16.6. The molecular formula is C22H41NO4. The van der Waals surface area contributed by atoms with Crippen LogP contribution < -0.4 is 0 Å². The molecule has 0 aromatic heterocycles. The zero-order valence-corrected chi connectivity index (χ0v) is 18.0. The lowest BCUT2D eigenvalue weighted by Crippen LogP contribution is -2.44. The van der Waals surface area contributed by atoms with Gasteiger partial charge in [-0.2, -0.15) is 0 Å². The number of carbonyl (C=O) groups is 2. The summed E-state index contributed by atoms with van der Waals surface area (Å²) in [4.78, 5) is 25.8. The average Bonchev–Trinajstić information content (AvgIpc) is 2.64. The van der Waals surface area contributed by atoms with Crippen molar-refractivity contribution in [3.63, 3.8) is 0 Å². The number of carbonyl (C=O) groups excluding carboxylic acids is 2. The molecular weight excluding hydrogens is 342 g/mol. The first-order valence-corrected chi connectivity index (χ1v) is 10.6. The fourth-order valence-corrected chi connectivity index (χ4v) is 2.90. The number of unbranched alkanes of at least 4 members (excludes halogenated alkanes) is 8. The predicted octanol–water partition coefficient (Wildman–Crippen LogP) is 5.73. The Kier molecular flexibility index (Phi) is 15.7. The van der Waals surface area contributed by atoms with E-state index in [1.807, 2.05) is 13.8 Å². The first kappa shape index (κ1) is 25.5. The maximum atomic E-state index is 12.4. The van der Waals surface area contributed by atoms with Crippen LogP contribution in [-0.2, 0) is 14.3 Å². The van der Waals surface area contributed by atoms with Crippen LogP contribution in [0.3, 0.4) is 0 Å². The fourth-order valence-electron chi connectivity index (χ4n) is 2.90. The van der Waals surface area contributed by atoms with Crippen molar-refractivity contribution >= 4 is 12.1 Å². The molecule has 0 radical (unpaired) electrons. The van der Waals surface area contributed by atoms with E-state index in [1.165, 1.54) is 55.9 Å². The molecule has 0 aromatic rings. The van der Waals surface area contributed by atoms with Crippen molar-refractivity contribution in [2.75, 3.05) is 20.3 Å². The molecule has 0 bridgehead atoms. The van der Waals surface area contributed by atoms with Gasteiger partial charge in [0.2, 0.25) is 0 Å². The Bertz CT molecular complexity index is 409. The van der Waals surface area contributed by atoms with E-state index in [-0.39, 0.29) is 18.5 Å². The van der Waals surface area contributed by atoms with Crippen molar-refractivity contribution in [2.45, 2.75) is 91.0 Å². The highest BCUT2D eigenvalue weighted by atomic mass is 16.6. The minimum absolute atomic E-state index is 0.130. The highest BCUT2D eigenvalue weighted by Gasteiger charge is 2.29. The molecule has 0 aliphatic rings. The van der Waals surface area contributed by atoms with Crippen LogP contribution in [0.2, 0.25) is 0 Å². The molecule has 0 saturated heterocycles. The van der Waals surface area contributed by atoms with Gasteiger partial charge in [0.25, 0.3) is 0 Å². The molecule has 1 unspecified atom stereocenters. The number of hydrogen-bond donors (Lipinski definition) is 0. The summed E-state index contributed by atoms with van der Waals surface area (Å²) in [6.45, 7) is 10.3. The summed E-state index contributed by atoms with van der Waals surface area (Å²) >= 11 is 0. The molecule has 0 aliphatic heterocycles. The quantitative estimate of drug-likeness (QED) is 0.194. The summed E-state index contributed by atoms with van der Waals surface area (Å²) in [5, 5.41) is 0. The SMILES string of the molecule is C=CCOC(=O)N(C)C(CC(C)C)C(=O)OCCCCCCCCCCC. The molecule has 0 heterocycles. The number of nitrogens with zero attached hydrogens (tertiary/aromatic N) is 1. The zero-order valence-electron chi connectivity index (χ0n) is 18.0. The van der Waals surface area contributed by atoms with Crippen molar-refractivity contribution in [2.24, 2.45) is 5.92 Å². The largest absolute Gasteiger partial charge is 0.464 e. The van der Waals surface area contributed by atoms with Crippen molar-refractivity contribution in [1.82, 2.24) is 4.90 Å². The van der Waals surface area contributed by atoms with Crippen molar-refractivity contribution in [3.8, 4) is 0 Å². The molecule has 27 heavy (non-hydrogen) atoms. The van der Waals surface area contributed by atoms with Crippen LogP contribution in [0.4, 0.5) is 4.79 Å². The number of likely N-dealkylation sites (N-methyl/N-ethyl adjacent to an activating group) is 1. The lowest BCUT2D eigenvalue weighted by atomic mass is 10.0. The number of esters is 1. The highest BCUT2D eigenvalue weighted by molar-refractivity contribution is 5.81. The van der Waals surface area contributed by atoms with Crippen LogP contribution in [0.1, 0.15) is 85.0 Å². The summed E-state index contributed by atoms with van der Waals surface area (Å²) in [5.41, 5.74) is 0. The normalized spacial score (nSPS) is 11.9. The van der Waals surface area contributed by atoms with Crippen LogP contribution in [0.5, 0.6) is 0 Å². The highest BCUT2D eigenvalue weighted by Crippen LogP contribution is 2.14. The Morgan fingerprint density at radius 3 is 2.04 bits per heavy atom. The lowest BCUT2D eigenvalue weighted by Gasteiger charge is -2.27. The maximum Gasteiger partial charge on any atom is 0.410 e. The summed E-state index contributed by atoms with van der Waals surface area (Å²) in [7, 11) is 1.58. The Balaban J connectivity index is 4.11. The monoisotopic (exact) mass is 383 g/mol. The van der Waals surface area contributed by atoms with Gasteiger partial charge in [-0.1, -0.05) is 84.8 Å². The number of amides is 1. The minimum Gasteiger partial charge on any atom is -0.464 e. The van der Waals surface area contributed by atoms with E-state index in [2.05, 4.69) is 13.5 Å². The second-order valence-electron chi connectivity index (χ2n) is 7.62. The van der Waals surface area contributed by atoms with Crippen LogP contribution in [-0.4, -0.2) is 43.3 Å². The van der Waals surface area contributed by atoms with Crippen LogP contribution >= 0.6 is 0 Å². The number of ether oxygens (including phenoxy) is 2. The third kappa shape index (κ3) is 13.3. The topological polar surface area (TPSA) is 55.8 Å². The van der Waals surface area contributed by atoms with Gasteiger partial charge in [0.15, 0.2) is 0 Å². The van der Waals surface area contributed by atoms with Crippen LogP contribution in [0.15, 0.2) is 12.7 Å². The molecule has 0 saturated carbocycles. The van der Waals surface area contributed by atoms with E-state index < -0.39 is 12.1 Å². The Morgan fingerprint density at radius 1 is 0.963 bits per heavy atom. The maximum absolute atomic E-state index is 12.4. The number of hydrogen-bond acceptors (Lipinski definition) is 4. The standard InChI is InChI=1S/C22H41NO4/c1-6-8-9-10-11-12-13-14-15-17-26-21(24)20(18-19(3)4)23(5)22(25)27-16-7-2/h7,19-20H,2,6,8-18H2,1,3-5H3. The third-order valence-corrected chi connectivity index (χ3v) is 4.54. The lowest BCUT2D eigenvalue weighted by molar-refractivity contribution is -0.149. The van der Waals surface area contributed by atoms with Crippen molar-refractivity contribution in [3.05, 3.63) is 12.7 Å². The Hall–Kier alpha value is -1.52. The fraction of sp³-hybridized carbons (Fsp3) is 0.818. The van der Waals surface area contributed by atoms with E-state index in [0.717, 1.165) is 12.8 Å². The summed E-state index contributed by atoms with van der Waals surface area (Å²) in [6, 6.07) is -0.610. The molecule has 158 valence electrons. The third-order valence-electron chi connectivity index (χ3n) is 4.54. The number of rotatable bonds is 16. The molecule has 0 rings (SSSR count). The van der Waals surface area contributed by atoms with Crippen molar-refractivity contribution < 1.29 is 19.1 Å². The molecule has 0 N–H and O–H groups in total. The molecule has 0 aromatic carbocycles. The molecule has 5 nitrogen and oxygen atoms in total. The van der Waals surface area contributed by atoms with Gasteiger partial charge in [0.1, 0.15) is 12.6 Å². The van der Waals surface area contributed by atoms with Gasteiger partial charge in [0.05, 0.1) is 6.61 Å². The van der Waals surface area contributed by atoms with Gasteiger partial charge in [-0.25, -0.2) is 9.59 Å². The van der Waals surface area contributed by atoms with Gasteiger partial charge in [-0.15, -0.1) is 0 Å². The van der Waals surface area contributed by atoms with Crippen LogP contribution in [0, 0.1) is 5.92 Å². The molecule has 1 amide bonds. The first-order chi connectivity index (χ1) is 12.9. The van der Waals surface area contributed by atoms with Crippen LogP contribution in [0.25, 0.3) is 0 Å². The van der Waals surface area contributed by atoms with Gasteiger partial charge in [-0.05, 0) is 18.8 Å². The van der Waals surface area contributed by atoms with Gasteiger partial charge >= 0.3 is 12.1 Å². The van der Waals surface area contributed by atoms with E-state index >= 15 is 0 Å².